The number of benzene rings is 1. The van der Waals surface area contributed by atoms with Gasteiger partial charge in [-0.3, -0.25) is 0 Å². The van der Waals surface area contributed by atoms with Gasteiger partial charge in [0.05, 0.1) is 28.2 Å². The Kier molecular flexibility index (Phi) is 3.35. The van der Waals surface area contributed by atoms with E-state index in [4.69, 9.17) is 0 Å². The Morgan fingerprint density at radius 1 is 1.21 bits per heavy atom. The van der Waals surface area contributed by atoms with Gasteiger partial charge >= 0.3 is 10.2 Å². The third-order valence-electron chi connectivity index (χ3n) is 1.38. The first-order chi connectivity index (χ1) is 6.39. The second-order valence-corrected chi connectivity index (χ2v) is 3.24. The molecule has 0 saturated carbocycles. The van der Waals surface area contributed by atoms with Crippen LogP contribution in [0.3, 0.4) is 0 Å². The molecule has 1 rings (SSSR count). The van der Waals surface area contributed by atoms with Crippen LogP contribution >= 0.6 is 22.6 Å². The van der Waals surface area contributed by atoms with Crippen molar-refractivity contribution < 1.29 is 22.7 Å². The highest BCUT2D eigenvalue weighted by atomic mass is 127. The first kappa shape index (κ1) is 11.3. The van der Waals surface area contributed by atoms with Gasteiger partial charge in [0.25, 0.3) is 0 Å². The van der Waals surface area contributed by atoms with Gasteiger partial charge in [-0.1, -0.05) is 0 Å². The number of carbonyl (C=O) groups is 1. The van der Waals surface area contributed by atoms with Crippen molar-refractivity contribution in [2.24, 2.45) is 0 Å². The van der Waals surface area contributed by atoms with E-state index in [0.717, 1.165) is 24.3 Å². The molecule has 14 heavy (non-hydrogen) atoms. The van der Waals surface area contributed by atoms with E-state index in [1.807, 2.05) is 0 Å². The molecule has 76 valence electrons. The second-order valence-electron chi connectivity index (χ2n) is 2.36. The lowest BCUT2D eigenvalue weighted by atomic mass is 10.2. The monoisotopic (exact) mass is 316 g/mol. The van der Waals surface area contributed by atoms with E-state index in [-0.39, 0.29) is 5.75 Å². The van der Waals surface area contributed by atoms with Crippen LogP contribution in [0.15, 0.2) is 24.3 Å². The molecule has 0 heterocycles. The normalized spacial score (nSPS) is 11.1. The van der Waals surface area contributed by atoms with Gasteiger partial charge in [0, 0.05) is 0 Å². The van der Waals surface area contributed by atoms with Gasteiger partial charge in [-0.25, -0.2) is 4.79 Å². The molecule has 0 bridgehead atoms. The van der Waals surface area contributed by atoms with Crippen LogP contribution in [0.2, 0.25) is 0 Å². The lowest BCUT2D eigenvalue weighted by molar-refractivity contribution is -0.137. The maximum absolute atomic E-state index is 12.1. The van der Waals surface area contributed by atoms with E-state index in [1.165, 1.54) is 22.6 Å². The first-order valence-corrected chi connectivity index (χ1v) is 4.52. The molecule has 0 aliphatic heterocycles. The van der Waals surface area contributed by atoms with Gasteiger partial charge in [0.1, 0.15) is 5.75 Å². The molecular formula is C8H4F3IO2. The number of halogens is 4. The average molecular weight is 316 g/mol. The number of ether oxygens (including phenoxy) is 1. The predicted octanol–water partition coefficient (Wildman–Crippen LogP) is 3.64. The summed E-state index contributed by atoms with van der Waals surface area (Å²) in [7, 11) is 0. The van der Waals surface area contributed by atoms with Crippen LogP contribution in [0.4, 0.5) is 18.0 Å². The molecule has 0 amide bonds. The molecule has 1 aromatic carbocycles. The van der Waals surface area contributed by atoms with E-state index >= 15 is 0 Å². The summed E-state index contributed by atoms with van der Waals surface area (Å²) in [5.74, 6) is 0.0948. The maximum atomic E-state index is 12.1. The fraction of sp³-hybridized carbons (Fsp3) is 0.125. The third-order valence-corrected chi connectivity index (χ3v) is 1.60. The number of hydrogen-bond donors (Lipinski definition) is 0. The molecule has 0 saturated heterocycles. The summed E-state index contributed by atoms with van der Waals surface area (Å²) < 4.78 is 40.2. The van der Waals surface area contributed by atoms with Crippen molar-refractivity contribution in [3.8, 4) is 5.75 Å². The molecule has 0 aromatic heterocycles. The lowest BCUT2D eigenvalue weighted by Gasteiger charge is -2.06. The highest BCUT2D eigenvalue weighted by Crippen LogP contribution is 2.30. The minimum Gasteiger partial charge on any atom is -0.419 e. The zero-order valence-corrected chi connectivity index (χ0v) is 8.80. The molecule has 6 heteroatoms. The van der Waals surface area contributed by atoms with Crippen molar-refractivity contribution in [2.45, 2.75) is 6.18 Å². The van der Waals surface area contributed by atoms with Crippen LogP contribution < -0.4 is 4.74 Å². The van der Waals surface area contributed by atoms with E-state index in [2.05, 4.69) is 4.74 Å². The summed E-state index contributed by atoms with van der Waals surface area (Å²) in [6, 6.07) is 3.91. The van der Waals surface area contributed by atoms with Crippen molar-refractivity contribution in [1.29, 1.82) is 0 Å². The van der Waals surface area contributed by atoms with Crippen LogP contribution in [-0.4, -0.2) is 3.98 Å². The molecule has 2 nitrogen and oxygen atoms in total. The van der Waals surface area contributed by atoms with E-state index < -0.39 is 15.7 Å². The van der Waals surface area contributed by atoms with Gasteiger partial charge in [-0.2, -0.15) is 13.2 Å². The predicted molar refractivity (Wildman–Crippen MR) is 51.5 cm³/mol. The average Bonchev–Trinajstić information content (AvgIpc) is 2.02. The van der Waals surface area contributed by atoms with E-state index in [0.29, 0.717) is 0 Å². The fourth-order valence-corrected chi connectivity index (χ4v) is 1.06. The molecule has 0 unspecified atom stereocenters. The topological polar surface area (TPSA) is 26.3 Å². The highest BCUT2D eigenvalue weighted by Gasteiger charge is 2.30. The summed E-state index contributed by atoms with van der Waals surface area (Å²) in [5, 5.41) is 0. The smallest absolute Gasteiger partial charge is 0.416 e. The first-order valence-electron chi connectivity index (χ1n) is 3.44. The zero-order valence-electron chi connectivity index (χ0n) is 6.64. The quantitative estimate of drug-likeness (QED) is 0.584. The van der Waals surface area contributed by atoms with Crippen LogP contribution in [0.1, 0.15) is 5.56 Å². The summed E-state index contributed by atoms with van der Waals surface area (Å²) in [5.41, 5.74) is -0.772. The lowest BCUT2D eigenvalue weighted by Crippen LogP contribution is -2.04. The number of alkyl halides is 3. The molecule has 0 aliphatic rings. The molecule has 0 atom stereocenters. The Morgan fingerprint density at radius 3 is 2.07 bits per heavy atom. The molecule has 0 spiro atoms. The van der Waals surface area contributed by atoms with Crippen molar-refractivity contribution in [2.75, 3.05) is 0 Å². The van der Waals surface area contributed by atoms with Crippen LogP contribution in [-0.2, 0) is 6.18 Å². The Bertz CT molecular complexity index is 331. The summed E-state index contributed by atoms with van der Waals surface area (Å²) in [6.07, 6.45) is -4.37. The van der Waals surface area contributed by atoms with Crippen LogP contribution in [0.5, 0.6) is 5.75 Å². The Labute approximate surface area is 91.2 Å². The molecule has 0 fully saturated rings. The van der Waals surface area contributed by atoms with Gasteiger partial charge in [0.2, 0.25) is 0 Å². The minimum absolute atomic E-state index is 0.0948. The summed E-state index contributed by atoms with van der Waals surface area (Å²) in [4.78, 5) is 10.4. The van der Waals surface area contributed by atoms with E-state index in [9.17, 15) is 18.0 Å². The molecular weight excluding hydrogens is 312 g/mol. The fourth-order valence-electron chi connectivity index (χ4n) is 0.805. The van der Waals surface area contributed by atoms with Crippen LogP contribution in [0, 0.1) is 0 Å². The SMILES string of the molecule is O=C(I)Oc1ccc(C(F)(F)F)cc1. The number of carbonyl (C=O) groups excluding carboxylic acids is 1. The number of rotatable bonds is 1. The van der Waals surface area contributed by atoms with Gasteiger partial charge < -0.3 is 4.74 Å². The minimum atomic E-state index is -4.37. The highest BCUT2D eigenvalue weighted by molar-refractivity contribution is 14.1. The summed E-state index contributed by atoms with van der Waals surface area (Å²) in [6.45, 7) is 0. The maximum Gasteiger partial charge on any atom is 0.416 e. The second kappa shape index (κ2) is 4.16. The van der Waals surface area contributed by atoms with Gasteiger partial charge in [0.15, 0.2) is 0 Å². The zero-order chi connectivity index (χ0) is 10.8. The van der Waals surface area contributed by atoms with Crippen molar-refractivity contribution in [1.82, 2.24) is 0 Å². The third kappa shape index (κ3) is 3.17. The molecule has 0 aliphatic carbocycles. The standard InChI is InChI=1S/C8H4F3IO2/c9-8(10,11)5-1-3-6(4-2-5)14-7(12)13/h1-4H. The molecule has 0 radical (unpaired) electrons. The van der Waals surface area contributed by atoms with Crippen molar-refractivity contribution >= 4 is 26.6 Å². The molecule has 1 aromatic rings. The Balaban J connectivity index is 2.84. The summed E-state index contributed by atoms with van der Waals surface area (Å²) >= 11 is 1.39. The Morgan fingerprint density at radius 2 is 1.71 bits per heavy atom. The molecule has 0 N–H and O–H groups in total. The van der Waals surface area contributed by atoms with Gasteiger partial charge in [-0.05, 0) is 24.3 Å². The van der Waals surface area contributed by atoms with E-state index in [1.54, 1.807) is 0 Å². The Hall–Kier alpha value is -0.790. The number of hydrogen-bond acceptors (Lipinski definition) is 2. The largest absolute Gasteiger partial charge is 0.419 e. The van der Waals surface area contributed by atoms with Crippen molar-refractivity contribution in [3.05, 3.63) is 29.8 Å². The van der Waals surface area contributed by atoms with Crippen molar-refractivity contribution in [3.63, 3.8) is 0 Å². The van der Waals surface area contributed by atoms with Crippen LogP contribution in [0.25, 0.3) is 0 Å². The van der Waals surface area contributed by atoms with Gasteiger partial charge in [-0.15, -0.1) is 0 Å².